The van der Waals surface area contributed by atoms with E-state index in [1.165, 1.54) is 6.26 Å². The van der Waals surface area contributed by atoms with E-state index < -0.39 is 9.84 Å². The van der Waals surface area contributed by atoms with Gasteiger partial charge in [0.1, 0.15) is 9.84 Å². The molecule has 1 amide bonds. The number of sulfone groups is 1. The molecule has 0 radical (unpaired) electrons. The van der Waals surface area contributed by atoms with Crippen LogP contribution in [0.3, 0.4) is 0 Å². The number of hydrogen-bond acceptors (Lipinski definition) is 3. The van der Waals surface area contributed by atoms with Crippen LogP contribution in [0.2, 0.25) is 5.02 Å². The molecule has 2 fully saturated rings. The first-order valence-electron chi connectivity index (χ1n) is 7.14. The average Bonchev–Trinajstić information content (AvgIpc) is 2.67. The van der Waals surface area contributed by atoms with E-state index in [9.17, 15) is 13.2 Å². The molecule has 6 heteroatoms. The minimum atomic E-state index is -3.04. The highest BCUT2D eigenvalue weighted by atomic mass is 35.5. The molecule has 2 heterocycles. The molecule has 21 heavy (non-hydrogen) atoms. The van der Waals surface area contributed by atoms with Crippen molar-refractivity contribution in [3.05, 3.63) is 34.9 Å². The molecular formula is C15H18ClNO3S. The van der Waals surface area contributed by atoms with Gasteiger partial charge < -0.3 is 4.90 Å². The van der Waals surface area contributed by atoms with Crippen molar-refractivity contribution >= 4 is 27.3 Å². The van der Waals surface area contributed by atoms with Crippen molar-refractivity contribution in [3.8, 4) is 0 Å². The molecule has 1 aromatic rings. The van der Waals surface area contributed by atoms with E-state index in [1.807, 2.05) is 4.90 Å². The summed E-state index contributed by atoms with van der Waals surface area (Å²) in [6.07, 6.45) is 4.15. The zero-order valence-corrected chi connectivity index (χ0v) is 13.4. The first-order valence-corrected chi connectivity index (χ1v) is 9.47. The Labute approximate surface area is 130 Å². The normalized spacial score (nSPS) is 28.7. The van der Waals surface area contributed by atoms with Crippen LogP contribution in [-0.4, -0.2) is 42.8 Å². The number of rotatable bonds is 2. The van der Waals surface area contributed by atoms with Gasteiger partial charge in [0.05, 0.1) is 15.8 Å². The highest BCUT2D eigenvalue weighted by Gasteiger charge is 2.46. The molecule has 2 aliphatic rings. The second-order valence-corrected chi connectivity index (χ2v) is 8.73. The number of fused-ring (bicyclic) bond motifs is 2. The molecule has 0 N–H and O–H groups in total. The lowest BCUT2D eigenvalue weighted by Crippen LogP contribution is -2.49. The van der Waals surface area contributed by atoms with Gasteiger partial charge in [-0.05, 0) is 37.8 Å². The summed E-state index contributed by atoms with van der Waals surface area (Å²) in [5, 5.41) is 0.137. The van der Waals surface area contributed by atoms with E-state index in [-0.39, 0.29) is 23.2 Å². The molecule has 3 rings (SSSR count). The number of halogens is 1. The van der Waals surface area contributed by atoms with Crippen LogP contribution in [0, 0.1) is 0 Å². The second-order valence-electron chi connectivity index (χ2n) is 6.00. The van der Waals surface area contributed by atoms with Crippen LogP contribution in [0.4, 0.5) is 0 Å². The minimum Gasteiger partial charge on any atom is -0.333 e. The van der Waals surface area contributed by atoms with Crippen molar-refractivity contribution in [2.45, 2.75) is 43.0 Å². The number of nitrogens with zero attached hydrogens (tertiary/aromatic N) is 1. The lowest BCUT2D eigenvalue weighted by Gasteiger charge is -2.38. The Morgan fingerprint density at radius 1 is 1.19 bits per heavy atom. The van der Waals surface area contributed by atoms with Crippen molar-refractivity contribution in [3.63, 3.8) is 0 Å². The third kappa shape index (κ3) is 2.69. The lowest BCUT2D eigenvalue weighted by molar-refractivity contribution is 0.0598. The van der Waals surface area contributed by atoms with E-state index in [1.54, 1.807) is 24.3 Å². The first kappa shape index (κ1) is 14.9. The summed E-state index contributed by atoms with van der Waals surface area (Å²) in [5.41, 5.74) is 0.508. The van der Waals surface area contributed by atoms with Gasteiger partial charge in [-0.25, -0.2) is 8.42 Å². The van der Waals surface area contributed by atoms with Gasteiger partial charge in [0.15, 0.2) is 0 Å². The van der Waals surface area contributed by atoms with Crippen LogP contribution in [0.5, 0.6) is 0 Å². The summed E-state index contributed by atoms with van der Waals surface area (Å²) < 4.78 is 23.6. The van der Waals surface area contributed by atoms with Crippen LogP contribution in [0.25, 0.3) is 0 Å². The Bertz CT molecular complexity index is 659. The molecule has 0 saturated carbocycles. The van der Waals surface area contributed by atoms with Gasteiger partial charge in [-0.15, -0.1) is 0 Å². The van der Waals surface area contributed by atoms with Crippen molar-refractivity contribution in [2.24, 2.45) is 0 Å². The van der Waals surface area contributed by atoms with Crippen LogP contribution in [0.1, 0.15) is 36.0 Å². The summed E-state index contributed by atoms with van der Waals surface area (Å²) in [6, 6.07) is 7.07. The topological polar surface area (TPSA) is 54.5 Å². The van der Waals surface area contributed by atoms with E-state index in [4.69, 9.17) is 11.6 Å². The fourth-order valence-corrected chi connectivity index (χ4v) is 4.94. The van der Waals surface area contributed by atoms with Crippen LogP contribution < -0.4 is 0 Å². The molecule has 0 spiro atoms. The molecule has 4 nitrogen and oxygen atoms in total. The van der Waals surface area contributed by atoms with Crippen molar-refractivity contribution in [1.82, 2.24) is 4.90 Å². The average molecular weight is 328 g/mol. The minimum absolute atomic E-state index is 0.0206. The maximum Gasteiger partial charge on any atom is 0.255 e. The van der Waals surface area contributed by atoms with Gasteiger partial charge >= 0.3 is 0 Å². The van der Waals surface area contributed by atoms with E-state index >= 15 is 0 Å². The maximum absolute atomic E-state index is 12.7. The number of carbonyl (C=O) groups excluding carboxylic acids is 1. The predicted molar refractivity (Wildman–Crippen MR) is 82.3 cm³/mol. The quantitative estimate of drug-likeness (QED) is 0.838. The van der Waals surface area contributed by atoms with Gasteiger partial charge in [-0.3, -0.25) is 4.79 Å². The summed E-state index contributed by atoms with van der Waals surface area (Å²) in [4.78, 5) is 14.6. The largest absolute Gasteiger partial charge is 0.333 e. The molecule has 2 saturated heterocycles. The third-order valence-corrected chi connectivity index (χ3v) is 6.56. The third-order valence-electron chi connectivity index (χ3n) is 4.63. The summed E-state index contributed by atoms with van der Waals surface area (Å²) >= 11 is 6.11. The predicted octanol–water partition coefficient (Wildman–Crippen LogP) is 2.52. The molecular weight excluding hydrogens is 310 g/mol. The SMILES string of the molecule is CS(=O)(=O)C1CC2CCC(C1)N2C(=O)c1ccccc1Cl. The molecule has 2 unspecified atom stereocenters. The van der Waals surface area contributed by atoms with Crippen molar-refractivity contribution in [2.75, 3.05) is 6.26 Å². The molecule has 114 valence electrons. The van der Waals surface area contributed by atoms with Crippen LogP contribution >= 0.6 is 11.6 Å². The Morgan fingerprint density at radius 2 is 1.76 bits per heavy atom. The second kappa shape index (κ2) is 5.29. The molecule has 2 bridgehead atoms. The lowest BCUT2D eigenvalue weighted by atomic mass is 10.0. The molecule has 1 aromatic carbocycles. The summed E-state index contributed by atoms with van der Waals surface area (Å²) in [5.74, 6) is -0.0694. The summed E-state index contributed by atoms with van der Waals surface area (Å²) in [7, 11) is -3.04. The van der Waals surface area contributed by atoms with Crippen molar-refractivity contribution in [1.29, 1.82) is 0 Å². The zero-order chi connectivity index (χ0) is 15.2. The Hall–Kier alpha value is -1.07. The molecule has 0 aliphatic carbocycles. The van der Waals surface area contributed by atoms with E-state index in [2.05, 4.69) is 0 Å². The molecule has 0 aromatic heterocycles. The smallest absolute Gasteiger partial charge is 0.255 e. The monoisotopic (exact) mass is 327 g/mol. The highest BCUT2D eigenvalue weighted by molar-refractivity contribution is 7.91. The standard InChI is InChI=1S/C15H18ClNO3S/c1-21(19,20)12-8-10-6-7-11(9-12)17(10)15(18)13-4-2-3-5-14(13)16/h2-5,10-12H,6-9H2,1H3. The zero-order valence-electron chi connectivity index (χ0n) is 11.8. The first-order chi connectivity index (χ1) is 9.88. The number of hydrogen-bond donors (Lipinski definition) is 0. The highest BCUT2D eigenvalue weighted by Crippen LogP contribution is 2.39. The Kier molecular flexibility index (Phi) is 3.74. The van der Waals surface area contributed by atoms with Gasteiger partial charge in [0, 0.05) is 18.3 Å². The van der Waals surface area contributed by atoms with Gasteiger partial charge in [-0.1, -0.05) is 23.7 Å². The number of carbonyl (C=O) groups is 1. The van der Waals surface area contributed by atoms with E-state index in [0.717, 1.165) is 12.8 Å². The summed E-state index contributed by atoms with van der Waals surface area (Å²) in [6.45, 7) is 0. The van der Waals surface area contributed by atoms with Crippen LogP contribution in [0.15, 0.2) is 24.3 Å². The van der Waals surface area contributed by atoms with Gasteiger partial charge in [0.2, 0.25) is 0 Å². The van der Waals surface area contributed by atoms with Crippen LogP contribution in [-0.2, 0) is 9.84 Å². The maximum atomic E-state index is 12.7. The van der Waals surface area contributed by atoms with Gasteiger partial charge in [0.25, 0.3) is 5.91 Å². The number of piperidine rings is 1. The number of amides is 1. The van der Waals surface area contributed by atoms with E-state index in [0.29, 0.717) is 23.4 Å². The molecule has 2 aliphatic heterocycles. The molecule has 2 atom stereocenters. The Balaban J connectivity index is 1.86. The number of benzene rings is 1. The van der Waals surface area contributed by atoms with Crippen molar-refractivity contribution < 1.29 is 13.2 Å². The Morgan fingerprint density at radius 3 is 2.29 bits per heavy atom. The van der Waals surface area contributed by atoms with Gasteiger partial charge in [-0.2, -0.15) is 0 Å². The fourth-order valence-electron chi connectivity index (χ4n) is 3.58. The fraction of sp³-hybridized carbons (Fsp3) is 0.533.